The first-order valence-electron chi connectivity index (χ1n) is 8.72. The maximum atomic E-state index is 5.60. The van der Waals surface area contributed by atoms with Crippen molar-refractivity contribution in [3.8, 4) is 5.75 Å². The third-order valence-electron chi connectivity index (χ3n) is 3.72. The number of halogens is 1. The van der Waals surface area contributed by atoms with E-state index in [2.05, 4.69) is 50.3 Å². The molecule has 0 aliphatic rings. The quantitative estimate of drug-likeness (QED) is 0.348. The van der Waals surface area contributed by atoms with Crippen molar-refractivity contribution in [2.75, 3.05) is 6.61 Å². The fourth-order valence-electron chi connectivity index (χ4n) is 2.28. The number of nitrogens with zero attached hydrogens (tertiary/aromatic N) is 4. The molecule has 0 spiro atoms. The Balaban J connectivity index is 1.66. The number of hydrogen-bond acceptors (Lipinski definition) is 5. The first-order valence-corrected chi connectivity index (χ1v) is 10.5. The van der Waals surface area contributed by atoms with E-state index in [-0.39, 0.29) is 0 Å². The minimum atomic E-state index is 0.728. The summed E-state index contributed by atoms with van der Waals surface area (Å²) in [6.07, 6.45) is 2.81. The number of thioether (sulfide) groups is 1. The summed E-state index contributed by atoms with van der Waals surface area (Å²) in [6, 6.07) is 16.2. The topological polar surface area (TPSA) is 52.3 Å². The maximum absolute atomic E-state index is 5.60. The molecule has 27 heavy (non-hydrogen) atoms. The summed E-state index contributed by atoms with van der Waals surface area (Å²) in [5.74, 6) is 2.44. The molecule has 0 N–H and O–H groups in total. The molecule has 140 valence electrons. The van der Waals surface area contributed by atoms with Crippen LogP contribution in [0.3, 0.4) is 0 Å². The molecule has 2 aromatic carbocycles. The highest BCUT2D eigenvalue weighted by Gasteiger charge is 2.08. The summed E-state index contributed by atoms with van der Waals surface area (Å²) in [5, 5.41) is 13.7. The van der Waals surface area contributed by atoms with Gasteiger partial charge in [0.15, 0.2) is 5.82 Å². The zero-order valence-corrected chi connectivity index (χ0v) is 17.7. The average Bonchev–Trinajstić information content (AvgIpc) is 3.04. The van der Waals surface area contributed by atoms with Gasteiger partial charge < -0.3 is 4.74 Å². The minimum absolute atomic E-state index is 0.728. The van der Waals surface area contributed by atoms with Gasteiger partial charge in [0.05, 0.1) is 12.8 Å². The van der Waals surface area contributed by atoms with Crippen LogP contribution in [0.1, 0.15) is 30.3 Å². The van der Waals surface area contributed by atoms with Gasteiger partial charge in [-0.2, -0.15) is 9.78 Å². The van der Waals surface area contributed by atoms with Crippen molar-refractivity contribution in [2.24, 2.45) is 5.10 Å². The van der Waals surface area contributed by atoms with Gasteiger partial charge in [0.1, 0.15) is 5.75 Å². The van der Waals surface area contributed by atoms with Gasteiger partial charge in [-0.3, -0.25) is 0 Å². The second-order valence-electron chi connectivity index (χ2n) is 5.92. The Kier molecular flexibility index (Phi) is 7.06. The largest absolute Gasteiger partial charge is 0.494 e. The number of benzene rings is 2. The Labute approximate surface area is 172 Å². The molecule has 3 aromatic rings. The van der Waals surface area contributed by atoms with Crippen molar-refractivity contribution in [1.29, 1.82) is 0 Å². The molecule has 0 amide bonds. The zero-order chi connectivity index (χ0) is 19.1. The molecule has 0 saturated heterocycles. The van der Waals surface area contributed by atoms with E-state index in [0.29, 0.717) is 0 Å². The van der Waals surface area contributed by atoms with Crippen molar-refractivity contribution >= 4 is 33.9 Å². The lowest BCUT2D eigenvalue weighted by atomic mass is 10.2. The molecule has 0 radical (unpaired) electrons. The predicted molar refractivity (Wildman–Crippen MR) is 114 cm³/mol. The van der Waals surface area contributed by atoms with Crippen LogP contribution in [0.5, 0.6) is 5.75 Å². The molecule has 0 aliphatic carbocycles. The van der Waals surface area contributed by atoms with Crippen molar-refractivity contribution in [3.63, 3.8) is 0 Å². The summed E-state index contributed by atoms with van der Waals surface area (Å²) in [5.41, 5.74) is 2.22. The molecule has 0 fully saturated rings. The first-order chi connectivity index (χ1) is 13.2. The smallest absolute Gasteiger partial charge is 0.212 e. The maximum Gasteiger partial charge on any atom is 0.212 e. The van der Waals surface area contributed by atoms with Gasteiger partial charge in [0, 0.05) is 10.2 Å². The molecule has 5 nitrogen and oxygen atoms in total. The molecule has 3 rings (SSSR count). The molecule has 1 heterocycles. The monoisotopic (exact) mass is 444 g/mol. The number of aromatic nitrogens is 3. The Bertz CT molecular complexity index is 891. The van der Waals surface area contributed by atoms with E-state index in [4.69, 9.17) is 4.74 Å². The molecule has 1 aromatic heterocycles. The molecular formula is C20H21BrN4OS. The third kappa shape index (κ3) is 5.68. The van der Waals surface area contributed by atoms with E-state index < -0.39 is 0 Å². The van der Waals surface area contributed by atoms with Gasteiger partial charge in [-0.05, 0) is 60.9 Å². The van der Waals surface area contributed by atoms with Crippen LogP contribution in [-0.4, -0.2) is 27.7 Å². The first kappa shape index (κ1) is 19.6. The second kappa shape index (κ2) is 9.71. The van der Waals surface area contributed by atoms with Gasteiger partial charge in [-0.25, -0.2) is 0 Å². The molecule has 0 aliphatic heterocycles. The lowest BCUT2D eigenvalue weighted by molar-refractivity contribution is 0.317. The van der Waals surface area contributed by atoms with Gasteiger partial charge >= 0.3 is 0 Å². The summed E-state index contributed by atoms with van der Waals surface area (Å²) in [4.78, 5) is 0. The number of ether oxygens (including phenoxy) is 1. The fourth-order valence-corrected chi connectivity index (χ4v) is 3.44. The van der Waals surface area contributed by atoms with Crippen LogP contribution >= 0.6 is 27.7 Å². The molecule has 0 unspecified atom stereocenters. The Morgan fingerprint density at radius 1 is 1.11 bits per heavy atom. The molecular weight excluding hydrogens is 424 g/mol. The summed E-state index contributed by atoms with van der Waals surface area (Å²) < 4.78 is 8.45. The minimum Gasteiger partial charge on any atom is -0.494 e. The Morgan fingerprint density at radius 2 is 1.85 bits per heavy atom. The average molecular weight is 445 g/mol. The van der Waals surface area contributed by atoms with Crippen LogP contribution in [-0.2, 0) is 5.75 Å². The van der Waals surface area contributed by atoms with Gasteiger partial charge in [0.25, 0.3) is 0 Å². The van der Waals surface area contributed by atoms with Gasteiger partial charge in [-0.1, -0.05) is 46.7 Å². The molecule has 7 heteroatoms. The van der Waals surface area contributed by atoms with Crippen LogP contribution in [0.15, 0.2) is 63.3 Å². The van der Waals surface area contributed by atoms with E-state index in [1.54, 1.807) is 16.4 Å². The Morgan fingerprint density at radius 3 is 2.56 bits per heavy atom. The standard InChI is InChI=1S/C20H21BrN4OS/c1-3-12-26-19-10-6-16(7-11-19)13-22-25-15(2)23-24-20(25)27-14-17-4-8-18(21)9-5-17/h4-11,13H,3,12,14H2,1-2H3/b22-13-. The number of hydrogen-bond donors (Lipinski definition) is 0. The van der Waals surface area contributed by atoms with E-state index in [1.807, 2.05) is 49.5 Å². The van der Waals surface area contributed by atoms with Crippen LogP contribution in [0.2, 0.25) is 0 Å². The lowest BCUT2D eigenvalue weighted by Crippen LogP contribution is -1.97. The van der Waals surface area contributed by atoms with Crippen LogP contribution in [0.25, 0.3) is 0 Å². The van der Waals surface area contributed by atoms with E-state index in [9.17, 15) is 0 Å². The fraction of sp³-hybridized carbons (Fsp3) is 0.250. The van der Waals surface area contributed by atoms with E-state index >= 15 is 0 Å². The normalized spacial score (nSPS) is 11.2. The van der Waals surface area contributed by atoms with Gasteiger partial charge in [-0.15, -0.1) is 10.2 Å². The second-order valence-corrected chi connectivity index (χ2v) is 7.78. The molecule has 0 saturated carbocycles. The number of aryl methyl sites for hydroxylation is 1. The SMILES string of the molecule is CCCOc1ccc(/C=N\n2c(C)nnc2SCc2ccc(Br)cc2)cc1. The van der Waals surface area contributed by atoms with Crippen molar-refractivity contribution in [3.05, 3.63) is 70.0 Å². The van der Waals surface area contributed by atoms with Crippen molar-refractivity contribution in [1.82, 2.24) is 14.9 Å². The van der Waals surface area contributed by atoms with Gasteiger partial charge in [0.2, 0.25) is 5.16 Å². The highest BCUT2D eigenvalue weighted by molar-refractivity contribution is 9.10. The van der Waals surface area contributed by atoms with Crippen LogP contribution < -0.4 is 4.74 Å². The number of rotatable bonds is 8. The Hall–Kier alpha value is -2.12. The predicted octanol–water partition coefficient (Wildman–Crippen LogP) is 5.31. The van der Waals surface area contributed by atoms with E-state index in [1.165, 1.54) is 5.56 Å². The molecule has 0 atom stereocenters. The van der Waals surface area contributed by atoms with Crippen LogP contribution in [0.4, 0.5) is 0 Å². The van der Waals surface area contributed by atoms with Crippen LogP contribution in [0, 0.1) is 6.92 Å². The summed E-state index contributed by atoms with van der Waals surface area (Å²) >= 11 is 5.07. The summed E-state index contributed by atoms with van der Waals surface area (Å²) in [6.45, 7) is 4.72. The summed E-state index contributed by atoms with van der Waals surface area (Å²) in [7, 11) is 0. The van der Waals surface area contributed by atoms with E-state index in [0.717, 1.165) is 45.5 Å². The van der Waals surface area contributed by atoms with Crippen molar-refractivity contribution in [2.45, 2.75) is 31.2 Å². The highest BCUT2D eigenvalue weighted by atomic mass is 79.9. The zero-order valence-electron chi connectivity index (χ0n) is 15.3. The lowest BCUT2D eigenvalue weighted by Gasteiger charge is -2.04. The highest BCUT2D eigenvalue weighted by Crippen LogP contribution is 2.23. The third-order valence-corrected chi connectivity index (χ3v) is 5.24. The van der Waals surface area contributed by atoms with Crippen molar-refractivity contribution < 1.29 is 4.74 Å². The molecule has 0 bridgehead atoms.